The molecule has 1 atom stereocenters. The van der Waals surface area contributed by atoms with Crippen LogP contribution < -0.4 is 10.5 Å². The molecule has 0 bridgehead atoms. The Hall–Kier alpha value is -0.620. The molecule has 19 heavy (non-hydrogen) atoms. The molecule has 0 saturated carbocycles. The Bertz CT molecular complexity index is 491. The Morgan fingerprint density at radius 3 is 2.63 bits per heavy atom. The van der Waals surface area contributed by atoms with Gasteiger partial charge in [0.05, 0.1) is 5.75 Å². The predicted molar refractivity (Wildman–Crippen MR) is 79.6 cm³/mol. The summed E-state index contributed by atoms with van der Waals surface area (Å²) in [4.78, 5) is 0. The van der Waals surface area contributed by atoms with Crippen molar-refractivity contribution in [2.75, 3.05) is 6.54 Å². The van der Waals surface area contributed by atoms with Crippen molar-refractivity contribution in [1.29, 1.82) is 0 Å². The fourth-order valence-corrected chi connectivity index (χ4v) is 3.54. The first-order valence-electron chi connectivity index (χ1n) is 6.42. The Balaban J connectivity index is 2.68. The molecule has 1 unspecified atom stereocenters. The van der Waals surface area contributed by atoms with Crippen LogP contribution in [0.4, 0.5) is 0 Å². The zero-order valence-electron chi connectivity index (χ0n) is 11.1. The van der Waals surface area contributed by atoms with Crippen LogP contribution in [-0.4, -0.2) is 21.0 Å². The third-order valence-electron chi connectivity index (χ3n) is 2.84. The lowest BCUT2D eigenvalue weighted by atomic mass is 10.1. The molecule has 1 aromatic rings. The monoisotopic (exact) mass is 304 g/mol. The molecule has 0 aliphatic heterocycles. The van der Waals surface area contributed by atoms with Gasteiger partial charge in [-0.05, 0) is 18.1 Å². The van der Waals surface area contributed by atoms with E-state index >= 15 is 0 Å². The van der Waals surface area contributed by atoms with Gasteiger partial charge in [0.1, 0.15) is 0 Å². The third kappa shape index (κ3) is 5.91. The highest BCUT2D eigenvalue weighted by molar-refractivity contribution is 7.88. The van der Waals surface area contributed by atoms with Gasteiger partial charge in [-0.15, -0.1) is 0 Å². The van der Waals surface area contributed by atoms with Gasteiger partial charge in [0.25, 0.3) is 0 Å². The molecule has 0 amide bonds. The molecular formula is C13H21ClN2O2S. The van der Waals surface area contributed by atoms with Gasteiger partial charge < -0.3 is 5.73 Å². The van der Waals surface area contributed by atoms with E-state index in [0.29, 0.717) is 17.1 Å². The molecule has 0 aromatic heterocycles. The van der Waals surface area contributed by atoms with Gasteiger partial charge in [-0.25, -0.2) is 13.1 Å². The molecule has 4 nitrogen and oxygen atoms in total. The first-order chi connectivity index (χ1) is 8.98. The summed E-state index contributed by atoms with van der Waals surface area (Å²) >= 11 is 5.97. The zero-order valence-corrected chi connectivity index (χ0v) is 12.7. The van der Waals surface area contributed by atoms with E-state index in [9.17, 15) is 8.42 Å². The number of hydrogen-bond donors (Lipinski definition) is 2. The van der Waals surface area contributed by atoms with Gasteiger partial charge in [0, 0.05) is 17.6 Å². The molecule has 0 radical (unpaired) electrons. The summed E-state index contributed by atoms with van der Waals surface area (Å²) in [5.74, 6) is -0.116. The fourth-order valence-electron chi connectivity index (χ4n) is 1.79. The lowest BCUT2D eigenvalue weighted by molar-refractivity contribution is 0.516. The topological polar surface area (TPSA) is 72.2 Å². The van der Waals surface area contributed by atoms with Crippen LogP contribution in [0.25, 0.3) is 0 Å². The number of unbranched alkanes of at least 4 members (excludes halogenated alkanes) is 1. The van der Waals surface area contributed by atoms with E-state index in [2.05, 4.69) is 11.6 Å². The highest BCUT2D eigenvalue weighted by Gasteiger charge is 2.18. The van der Waals surface area contributed by atoms with Crippen molar-refractivity contribution < 1.29 is 8.42 Å². The number of nitrogens with two attached hydrogens (primary N) is 1. The van der Waals surface area contributed by atoms with E-state index in [1.807, 2.05) is 0 Å². The molecule has 0 aliphatic rings. The molecule has 3 N–H and O–H groups in total. The van der Waals surface area contributed by atoms with Gasteiger partial charge in [0.2, 0.25) is 10.0 Å². The quantitative estimate of drug-likeness (QED) is 0.774. The molecule has 0 spiro atoms. The van der Waals surface area contributed by atoms with E-state index in [1.54, 1.807) is 24.3 Å². The lowest BCUT2D eigenvalue weighted by Crippen LogP contribution is -2.40. The summed E-state index contributed by atoms with van der Waals surface area (Å²) in [6.45, 7) is 2.37. The molecule has 6 heteroatoms. The van der Waals surface area contributed by atoms with Crippen molar-refractivity contribution in [3.05, 3.63) is 34.9 Å². The second kappa shape index (κ2) is 7.85. The zero-order chi connectivity index (χ0) is 14.3. The first kappa shape index (κ1) is 16.4. The highest BCUT2D eigenvalue weighted by atomic mass is 35.5. The van der Waals surface area contributed by atoms with Crippen LogP contribution in [-0.2, 0) is 15.8 Å². The van der Waals surface area contributed by atoms with Crippen molar-refractivity contribution in [3.8, 4) is 0 Å². The minimum Gasteiger partial charge on any atom is -0.329 e. The average molecular weight is 305 g/mol. The van der Waals surface area contributed by atoms with Crippen LogP contribution in [0.1, 0.15) is 31.7 Å². The lowest BCUT2D eigenvalue weighted by Gasteiger charge is -2.16. The Morgan fingerprint density at radius 1 is 1.37 bits per heavy atom. The van der Waals surface area contributed by atoms with Gasteiger partial charge >= 0.3 is 0 Å². The van der Waals surface area contributed by atoms with Crippen LogP contribution in [0.15, 0.2) is 24.3 Å². The molecule has 1 rings (SSSR count). The smallest absolute Gasteiger partial charge is 0.216 e. The maximum Gasteiger partial charge on any atom is 0.216 e. The number of nitrogens with one attached hydrogen (secondary N) is 1. The van der Waals surface area contributed by atoms with Crippen LogP contribution in [0.5, 0.6) is 0 Å². The molecule has 0 saturated heterocycles. The number of rotatable bonds is 8. The van der Waals surface area contributed by atoms with Gasteiger partial charge in [0.15, 0.2) is 0 Å². The molecule has 1 aromatic carbocycles. The Labute approximate surface area is 120 Å². The number of sulfonamides is 1. The van der Waals surface area contributed by atoms with Crippen molar-refractivity contribution in [2.45, 2.75) is 38.0 Å². The summed E-state index contributed by atoms with van der Waals surface area (Å²) in [6, 6.07) is 6.74. The van der Waals surface area contributed by atoms with Crippen molar-refractivity contribution in [3.63, 3.8) is 0 Å². The largest absolute Gasteiger partial charge is 0.329 e. The van der Waals surface area contributed by atoms with E-state index in [0.717, 1.165) is 19.3 Å². The Kier molecular flexibility index (Phi) is 6.79. The van der Waals surface area contributed by atoms with Crippen LogP contribution in [0.2, 0.25) is 5.02 Å². The minimum atomic E-state index is -3.41. The summed E-state index contributed by atoms with van der Waals surface area (Å²) in [7, 11) is -3.41. The number of hydrogen-bond acceptors (Lipinski definition) is 3. The normalized spacial score (nSPS) is 13.4. The minimum absolute atomic E-state index is 0.116. The van der Waals surface area contributed by atoms with E-state index in [-0.39, 0.29) is 11.8 Å². The molecule has 0 fully saturated rings. The van der Waals surface area contributed by atoms with Crippen molar-refractivity contribution >= 4 is 21.6 Å². The van der Waals surface area contributed by atoms with E-state index in [1.165, 1.54) is 0 Å². The maximum absolute atomic E-state index is 12.1. The first-order valence-corrected chi connectivity index (χ1v) is 8.45. The van der Waals surface area contributed by atoms with E-state index < -0.39 is 10.0 Å². The summed E-state index contributed by atoms with van der Waals surface area (Å²) in [5.41, 5.74) is 6.19. The van der Waals surface area contributed by atoms with Crippen LogP contribution >= 0.6 is 11.6 Å². The van der Waals surface area contributed by atoms with Crippen molar-refractivity contribution in [2.24, 2.45) is 5.73 Å². The van der Waals surface area contributed by atoms with Gasteiger partial charge in [-0.3, -0.25) is 0 Å². The number of benzene rings is 1. The average Bonchev–Trinajstić information content (AvgIpc) is 2.37. The maximum atomic E-state index is 12.1. The molecule has 0 aliphatic carbocycles. The standard InChI is InChI=1S/C13H21ClN2O2S/c1-2-3-7-12(9-15)16-19(17,18)10-11-6-4-5-8-13(11)14/h4-6,8,12,16H,2-3,7,9-10,15H2,1H3. The van der Waals surface area contributed by atoms with Crippen LogP contribution in [0.3, 0.4) is 0 Å². The second-order valence-corrected chi connectivity index (χ2v) is 6.70. The molecule has 0 heterocycles. The summed E-state index contributed by atoms with van der Waals surface area (Å²) in [6.07, 6.45) is 2.73. The fraction of sp³-hybridized carbons (Fsp3) is 0.538. The number of halogens is 1. The highest BCUT2D eigenvalue weighted by Crippen LogP contribution is 2.17. The molecular weight excluding hydrogens is 284 g/mol. The van der Waals surface area contributed by atoms with Crippen LogP contribution in [0, 0.1) is 0 Å². The summed E-state index contributed by atoms with van der Waals surface area (Å²) < 4.78 is 26.8. The summed E-state index contributed by atoms with van der Waals surface area (Å²) in [5, 5.41) is 0.464. The Morgan fingerprint density at radius 2 is 2.05 bits per heavy atom. The third-order valence-corrected chi connectivity index (χ3v) is 4.59. The van der Waals surface area contributed by atoms with E-state index in [4.69, 9.17) is 17.3 Å². The van der Waals surface area contributed by atoms with Gasteiger partial charge in [-0.2, -0.15) is 0 Å². The second-order valence-electron chi connectivity index (χ2n) is 4.54. The molecule has 108 valence electrons. The van der Waals surface area contributed by atoms with Gasteiger partial charge in [-0.1, -0.05) is 49.6 Å². The predicted octanol–water partition coefficient (Wildman–Crippen LogP) is 2.28. The SMILES string of the molecule is CCCCC(CN)NS(=O)(=O)Cc1ccccc1Cl. The van der Waals surface area contributed by atoms with Crippen molar-refractivity contribution in [1.82, 2.24) is 4.72 Å².